The molecule has 1 N–H and O–H groups in total. The minimum atomic E-state index is 0. The van der Waals surface area contributed by atoms with Crippen molar-refractivity contribution >= 4 is 39.7 Å². The van der Waals surface area contributed by atoms with Gasteiger partial charge in [-0.2, -0.15) is 5.10 Å². The average Bonchev–Trinajstić information content (AvgIpc) is 3.20. The van der Waals surface area contributed by atoms with Crippen LogP contribution in [0.5, 0.6) is 5.75 Å². The van der Waals surface area contributed by atoms with Gasteiger partial charge in [0.25, 0.3) is 0 Å². The van der Waals surface area contributed by atoms with Crippen molar-refractivity contribution in [2.24, 2.45) is 5.10 Å². The van der Waals surface area contributed by atoms with Gasteiger partial charge in [0.15, 0.2) is 0 Å². The fraction of sp³-hybridized carbons (Fsp3) is 0.125. The van der Waals surface area contributed by atoms with Gasteiger partial charge in [0, 0.05) is 10.9 Å². The molecule has 0 fully saturated rings. The lowest BCUT2D eigenvalue weighted by Gasteiger charge is -2.03. The average molecular weight is 394 g/mol. The number of furan rings is 1. The number of hydrogen-bond donors (Lipinski definition) is 1. The molecule has 0 amide bonds. The minimum absolute atomic E-state index is 0. The lowest BCUT2D eigenvalue weighted by Crippen LogP contribution is -1.91. The van der Waals surface area contributed by atoms with Crippen LogP contribution in [0.2, 0.25) is 0 Å². The van der Waals surface area contributed by atoms with Gasteiger partial charge in [0.1, 0.15) is 11.5 Å². The normalized spacial score (nSPS) is 10.5. The molecule has 0 radical (unpaired) electrons. The number of nitrogens with one attached hydrogen (secondary N) is 1. The molecular weight excluding hydrogens is 378 g/mol. The van der Waals surface area contributed by atoms with Crippen LogP contribution in [0.4, 0.5) is 5.13 Å². The fourth-order valence-electron chi connectivity index (χ4n) is 1.86. The number of benzene rings is 1. The molecule has 3 rings (SSSR count). The summed E-state index contributed by atoms with van der Waals surface area (Å²) >= 11 is 1.50. The highest BCUT2D eigenvalue weighted by molar-refractivity contribution is 8.93. The molecule has 0 unspecified atom stereocenters. The maximum absolute atomic E-state index is 5.43. The molecule has 3 aromatic rings. The number of ether oxygens (including phenoxy) is 1. The smallest absolute Gasteiger partial charge is 0.203 e. The first-order valence-electron chi connectivity index (χ1n) is 6.86. The maximum Gasteiger partial charge on any atom is 0.203 e. The Hall–Kier alpha value is -2.12. The number of hydrogen-bond acceptors (Lipinski definition) is 6. The zero-order valence-corrected chi connectivity index (χ0v) is 15.0. The third-order valence-corrected chi connectivity index (χ3v) is 3.61. The van der Waals surface area contributed by atoms with Crippen LogP contribution in [0.3, 0.4) is 0 Å². The Morgan fingerprint density at radius 2 is 2.13 bits per heavy atom. The summed E-state index contributed by atoms with van der Waals surface area (Å²) in [5.41, 5.74) is 4.85. The molecule has 0 atom stereocenters. The summed E-state index contributed by atoms with van der Waals surface area (Å²) in [6.45, 7) is 2.63. The Morgan fingerprint density at radius 3 is 2.83 bits per heavy atom. The van der Waals surface area contributed by atoms with Gasteiger partial charge in [-0.3, -0.25) is 5.43 Å². The molecule has 23 heavy (non-hydrogen) atoms. The molecule has 2 aromatic heterocycles. The third kappa shape index (κ3) is 4.67. The standard InChI is InChI=1S/C16H15N3O2S.BrH/c1-2-20-13-7-5-12(6-8-13)15-11-22-16(18-15)19-17-10-14-4-3-9-21-14;/h3-11H,2H2,1H3,(H,18,19);1H/b17-10+;. The molecule has 0 spiro atoms. The number of hydrazone groups is 1. The summed E-state index contributed by atoms with van der Waals surface area (Å²) in [4.78, 5) is 4.50. The van der Waals surface area contributed by atoms with Crippen LogP contribution in [0, 0.1) is 0 Å². The van der Waals surface area contributed by atoms with E-state index in [9.17, 15) is 0 Å². The van der Waals surface area contributed by atoms with Crippen molar-refractivity contribution in [1.29, 1.82) is 0 Å². The molecular formula is C16H16BrN3O2S. The Morgan fingerprint density at radius 1 is 1.30 bits per heavy atom. The molecule has 0 aliphatic heterocycles. The summed E-state index contributed by atoms with van der Waals surface area (Å²) in [6, 6.07) is 11.5. The summed E-state index contributed by atoms with van der Waals surface area (Å²) in [6.07, 6.45) is 3.22. The number of rotatable bonds is 6. The van der Waals surface area contributed by atoms with Crippen LogP contribution in [0.25, 0.3) is 11.3 Å². The molecule has 2 heterocycles. The van der Waals surface area contributed by atoms with Crippen molar-refractivity contribution in [2.75, 3.05) is 12.0 Å². The molecule has 0 aliphatic rings. The first-order valence-corrected chi connectivity index (χ1v) is 7.74. The largest absolute Gasteiger partial charge is 0.494 e. The van der Waals surface area contributed by atoms with E-state index in [2.05, 4.69) is 15.5 Å². The Kier molecular flexibility index (Phi) is 6.37. The van der Waals surface area contributed by atoms with Crippen molar-refractivity contribution in [3.8, 4) is 17.0 Å². The highest BCUT2D eigenvalue weighted by atomic mass is 79.9. The van der Waals surface area contributed by atoms with Crippen LogP contribution in [-0.2, 0) is 0 Å². The van der Waals surface area contributed by atoms with Crippen molar-refractivity contribution in [2.45, 2.75) is 6.92 Å². The first-order chi connectivity index (χ1) is 10.8. The van der Waals surface area contributed by atoms with E-state index in [1.807, 2.05) is 48.7 Å². The second-order valence-electron chi connectivity index (χ2n) is 4.38. The van der Waals surface area contributed by atoms with E-state index < -0.39 is 0 Å². The molecule has 0 saturated carbocycles. The maximum atomic E-state index is 5.43. The van der Waals surface area contributed by atoms with Gasteiger partial charge < -0.3 is 9.15 Å². The van der Waals surface area contributed by atoms with Crippen LogP contribution in [0.15, 0.2) is 57.6 Å². The summed E-state index contributed by atoms with van der Waals surface area (Å²) in [5.74, 6) is 1.55. The Labute approximate surface area is 148 Å². The topological polar surface area (TPSA) is 59.6 Å². The zero-order valence-electron chi connectivity index (χ0n) is 12.4. The molecule has 5 nitrogen and oxygen atoms in total. The Balaban J connectivity index is 0.00000192. The zero-order chi connectivity index (χ0) is 15.2. The van der Waals surface area contributed by atoms with Crippen LogP contribution >= 0.6 is 28.3 Å². The van der Waals surface area contributed by atoms with E-state index in [1.165, 1.54) is 11.3 Å². The van der Waals surface area contributed by atoms with E-state index >= 15 is 0 Å². The quantitative estimate of drug-likeness (QED) is 0.481. The van der Waals surface area contributed by atoms with Crippen LogP contribution in [-0.4, -0.2) is 17.8 Å². The molecule has 7 heteroatoms. The Bertz CT molecular complexity index is 739. The highest BCUT2D eigenvalue weighted by Crippen LogP contribution is 2.26. The van der Waals surface area contributed by atoms with Gasteiger partial charge >= 0.3 is 0 Å². The summed E-state index contributed by atoms with van der Waals surface area (Å²) in [7, 11) is 0. The molecule has 0 aliphatic carbocycles. The highest BCUT2D eigenvalue weighted by Gasteiger charge is 2.04. The molecule has 120 valence electrons. The van der Waals surface area contributed by atoms with Gasteiger partial charge in [-0.15, -0.1) is 28.3 Å². The number of nitrogens with zero attached hydrogens (tertiary/aromatic N) is 2. The van der Waals surface area contributed by atoms with Gasteiger partial charge in [-0.1, -0.05) is 0 Å². The van der Waals surface area contributed by atoms with Gasteiger partial charge in [0.2, 0.25) is 5.13 Å². The van der Waals surface area contributed by atoms with E-state index in [-0.39, 0.29) is 17.0 Å². The molecule has 1 aromatic carbocycles. The van der Waals surface area contributed by atoms with Crippen LogP contribution < -0.4 is 10.2 Å². The first kappa shape index (κ1) is 17.2. The van der Waals surface area contributed by atoms with E-state index in [0.717, 1.165) is 22.1 Å². The van der Waals surface area contributed by atoms with Gasteiger partial charge in [-0.25, -0.2) is 4.98 Å². The number of aromatic nitrogens is 1. The fourth-order valence-corrected chi connectivity index (χ4v) is 2.53. The van der Waals surface area contributed by atoms with Crippen molar-refractivity contribution < 1.29 is 9.15 Å². The predicted molar refractivity (Wildman–Crippen MR) is 99.0 cm³/mol. The van der Waals surface area contributed by atoms with Gasteiger partial charge in [-0.05, 0) is 43.3 Å². The number of halogens is 1. The predicted octanol–water partition coefficient (Wildman–Crippen LogP) is 4.83. The lowest BCUT2D eigenvalue weighted by atomic mass is 10.2. The SMILES string of the molecule is Br.CCOc1ccc(-c2csc(N/N=C/c3ccco3)n2)cc1. The molecule has 0 saturated heterocycles. The minimum Gasteiger partial charge on any atom is -0.494 e. The number of thiazole rings is 1. The van der Waals surface area contributed by atoms with Crippen molar-refractivity contribution in [3.05, 3.63) is 53.8 Å². The second kappa shape index (κ2) is 8.50. The van der Waals surface area contributed by atoms with Crippen molar-refractivity contribution in [3.63, 3.8) is 0 Å². The lowest BCUT2D eigenvalue weighted by molar-refractivity contribution is 0.340. The number of anilines is 1. The summed E-state index contributed by atoms with van der Waals surface area (Å²) < 4.78 is 10.6. The van der Waals surface area contributed by atoms with Gasteiger partial charge in [0.05, 0.1) is 24.8 Å². The van der Waals surface area contributed by atoms with Crippen molar-refractivity contribution in [1.82, 2.24) is 4.98 Å². The van der Waals surface area contributed by atoms with E-state index in [0.29, 0.717) is 12.4 Å². The second-order valence-corrected chi connectivity index (χ2v) is 5.24. The third-order valence-electron chi connectivity index (χ3n) is 2.86. The monoisotopic (exact) mass is 393 g/mol. The van der Waals surface area contributed by atoms with E-state index in [1.54, 1.807) is 12.5 Å². The van der Waals surface area contributed by atoms with Crippen LogP contribution in [0.1, 0.15) is 12.7 Å². The molecule has 0 bridgehead atoms. The summed E-state index contributed by atoms with van der Waals surface area (Å²) in [5, 5.41) is 6.80. The van der Waals surface area contributed by atoms with E-state index in [4.69, 9.17) is 9.15 Å².